The van der Waals surface area contributed by atoms with Crippen LogP contribution >= 0.6 is 0 Å². The summed E-state index contributed by atoms with van der Waals surface area (Å²) < 4.78 is 31.6. The zero-order valence-electron chi connectivity index (χ0n) is 16.9. The molecular formula is C20H31N3O4S. The van der Waals surface area contributed by atoms with E-state index < -0.39 is 10.0 Å². The lowest BCUT2D eigenvalue weighted by Crippen LogP contribution is -2.37. The van der Waals surface area contributed by atoms with Crippen LogP contribution < -0.4 is 14.8 Å². The number of ether oxygens (including phenoxy) is 1. The molecule has 1 aliphatic heterocycles. The predicted molar refractivity (Wildman–Crippen MR) is 111 cm³/mol. The van der Waals surface area contributed by atoms with Crippen LogP contribution in [0.25, 0.3) is 6.08 Å². The maximum atomic E-state index is 12.1. The summed E-state index contributed by atoms with van der Waals surface area (Å²) in [6.45, 7) is 6.04. The predicted octanol–water partition coefficient (Wildman–Crippen LogP) is 1.85. The van der Waals surface area contributed by atoms with E-state index in [4.69, 9.17) is 4.74 Å². The van der Waals surface area contributed by atoms with Gasteiger partial charge in [-0.25, -0.2) is 13.1 Å². The molecule has 8 heteroatoms. The molecule has 0 bridgehead atoms. The molecule has 1 amide bonds. The first-order valence-electron chi connectivity index (χ1n) is 9.65. The number of hydrogen-bond donors (Lipinski definition) is 2. The lowest BCUT2D eigenvalue weighted by Gasteiger charge is -2.29. The second kappa shape index (κ2) is 10.6. The van der Waals surface area contributed by atoms with Crippen LogP contribution in [0.3, 0.4) is 0 Å². The summed E-state index contributed by atoms with van der Waals surface area (Å²) >= 11 is 0. The van der Waals surface area contributed by atoms with Crippen molar-refractivity contribution in [2.45, 2.75) is 31.1 Å². The number of benzene rings is 1. The molecule has 0 spiro atoms. The van der Waals surface area contributed by atoms with Gasteiger partial charge in [-0.1, -0.05) is 19.4 Å². The second-order valence-electron chi connectivity index (χ2n) is 7.16. The highest BCUT2D eigenvalue weighted by Gasteiger charge is 2.18. The van der Waals surface area contributed by atoms with E-state index in [-0.39, 0.29) is 16.6 Å². The minimum atomic E-state index is -3.65. The van der Waals surface area contributed by atoms with Gasteiger partial charge in [0.1, 0.15) is 10.6 Å². The van der Waals surface area contributed by atoms with Crippen molar-refractivity contribution in [3.63, 3.8) is 0 Å². The Morgan fingerprint density at radius 3 is 2.64 bits per heavy atom. The summed E-state index contributed by atoms with van der Waals surface area (Å²) in [5, 5.41) is 2.91. The molecule has 28 heavy (non-hydrogen) atoms. The molecule has 1 saturated heterocycles. The highest BCUT2D eigenvalue weighted by Crippen LogP contribution is 2.25. The Kier molecular flexibility index (Phi) is 8.47. The van der Waals surface area contributed by atoms with Crippen LogP contribution in [-0.2, 0) is 14.8 Å². The number of rotatable bonds is 9. The van der Waals surface area contributed by atoms with E-state index in [0.717, 1.165) is 19.6 Å². The van der Waals surface area contributed by atoms with Crippen molar-refractivity contribution in [3.8, 4) is 5.75 Å². The molecule has 1 aromatic rings. The van der Waals surface area contributed by atoms with Crippen molar-refractivity contribution in [3.05, 3.63) is 29.8 Å². The Morgan fingerprint density at radius 2 is 2.00 bits per heavy atom. The monoisotopic (exact) mass is 409 g/mol. The summed E-state index contributed by atoms with van der Waals surface area (Å²) in [5.41, 5.74) is 0.603. The number of sulfonamides is 1. The average molecular weight is 410 g/mol. The van der Waals surface area contributed by atoms with Gasteiger partial charge in [-0.15, -0.1) is 0 Å². The van der Waals surface area contributed by atoms with Crippen molar-refractivity contribution in [1.29, 1.82) is 0 Å². The highest BCUT2D eigenvalue weighted by atomic mass is 32.2. The van der Waals surface area contributed by atoms with E-state index in [1.165, 1.54) is 45.6 Å². The summed E-state index contributed by atoms with van der Waals surface area (Å²) in [6.07, 6.45) is 6.85. The van der Waals surface area contributed by atoms with Crippen molar-refractivity contribution < 1.29 is 17.9 Å². The summed E-state index contributed by atoms with van der Waals surface area (Å²) in [6, 6.07) is 4.76. The minimum absolute atomic E-state index is 0.0372. The first-order valence-corrected chi connectivity index (χ1v) is 11.1. The number of methoxy groups -OCH3 is 1. The zero-order chi connectivity index (χ0) is 20.6. The fourth-order valence-corrected chi connectivity index (χ4v) is 4.20. The number of amides is 1. The van der Waals surface area contributed by atoms with Gasteiger partial charge in [0.2, 0.25) is 15.9 Å². The molecule has 1 aliphatic rings. The van der Waals surface area contributed by atoms with Crippen molar-refractivity contribution >= 4 is 22.0 Å². The fourth-order valence-electron chi connectivity index (χ4n) is 3.27. The van der Waals surface area contributed by atoms with E-state index in [2.05, 4.69) is 21.9 Å². The van der Waals surface area contributed by atoms with Gasteiger partial charge in [0.25, 0.3) is 0 Å². The minimum Gasteiger partial charge on any atom is -0.495 e. The van der Waals surface area contributed by atoms with Crippen LogP contribution in [0.1, 0.15) is 31.7 Å². The van der Waals surface area contributed by atoms with Gasteiger partial charge < -0.3 is 15.0 Å². The summed E-state index contributed by atoms with van der Waals surface area (Å²) in [7, 11) is -0.894. The number of likely N-dealkylation sites (tertiary alicyclic amines) is 1. The first-order chi connectivity index (χ1) is 13.4. The molecule has 0 saturated carbocycles. The largest absolute Gasteiger partial charge is 0.495 e. The maximum Gasteiger partial charge on any atom is 0.244 e. The molecule has 1 aromatic carbocycles. The Balaban J connectivity index is 1.91. The number of piperidine rings is 1. The van der Waals surface area contributed by atoms with E-state index in [1.54, 1.807) is 18.2 Å². The van der Waals surface area contributed by atoms with Gasteiger partial charge in [0.05, 0.1) is 7.11 Å². The fraction of sp³-hybridized carbons (Fsp3) is 0.550. The van der Waals surface area contributed by atoms with Crippen LogP contribution in [0, 0.1) is 5.92 Å². The number of hydrogen-bond acceptors (Lipinski definition) is 5. The molecule has 2 rings (SSSR count). The summed E-state index contributed by atoms with van der Waals surface area (Å²) in [5.74, 6) is 0.436. The molecule has 1 heterocycles. The molecular weight excluding hydrogens is 378 g/mol. The van der Waals surface area contributed by atoms with Gasteiger partial charge in [-0.05, 0) is 62.7 Å². The Labute approximate surface area is 168 Å². The number of nitrogens with zero attached hydrogens (tertiary/aromatic N) is 1. The van der Waals surface area contributed by atoms with Gasteiger partial charge >= 0.3 is 0 Å². The van der Waals surface area contributed by atoms with Crippen LogP contribution in [0.4, 0.5) is 0 Å². The average Bonchev–Trinajstić information content (AvgIpc) is 2.71. The molecule has 1 unspecified atom stereocenters. The highest BCUT2D eigenvalue weighted by molar-refractivity contribution is 7.89. The molecule has 0 radical (unpaired) electrons. The Hall–Kier alpha value is -1.90. The van der Waals surface area contributed by atoms with Crippen molar-refractivity contribution in [2.75, 3.05) is 40.3 Å². The topological polar surface area (TPSA) is 87.7 Å². The van der Waals surface area contributed by atoms with Crippen LogP contribution in [0.5, 0.6) is 5.75 Å². The van der Waals surface area contributed by atoms with Gasteiger partial charge in [-0.2, -0.15) is 0 Å². The zero-order valence-corrected chi connectivity index (χ0v) is 17.7. The third kappa shape index (κ3) is 6.61. The molecule has 1 atom stereocenters. The number of nitrogens with one attached hydrogen (secondary N) is 2. The molecule has 0 aromatic heterocycles. The lowest BCUT2D eigenvalue weighted by atomic mass is 10.1. The normalized spacial score (nSPS) is 16.8. The van der Waals surface area contributed by atoms with Crippen molar-refractivity contribution in [1.82, 2.24) is 14.9 Å². The van der Waals surface area contributed by atoms with Gasteiger partial charge in [-0.3, -0.25) is 4.79 Å². The van der Waals surface area contributed by atoms with Gasteiger partial charge in [0, 0.05) is 19.2 Å². The molecule has 7 nitrogen and oxygen atoms in total. The third-order valence-corrected chi connectivity index (χ3v) is 6.25. The first kappa shape index (κ1) is 22.4. The van der Waals surface area contributed by atoms with E-state index in [9.17, 15) is 13.2 Å². The molecule has 156 valence electrons. The standard InChI is InChI=1S/C20H31N3O4S/c1-16(15-23-11-5-4-6-12-23)14-22-20(24)10-8-17-7-9-18(27-3)19(13-17)28(25,26)21-2/h7-10,13,16,21H,4-6,11-12,14-15H2,1-3H3,(H,22,24)/b10-8+. The maximum absolute atomic E-state index is 12.1. The molecule has 1 fully saturated rings. The Bertz CT molecular complexity index is 787. The Morgan fingerprint density at radius 1 is 1.29 bits per heavy atom. The van der Waals surface area contributed by atoms with E-state index in [0.29, 0.717) is 18.0 Å². The van der Waals surface area contributed by atoms with Gasteiger partial charge in [0.15, 0.2) is 0 Å². The summed E-state index contributed by atoms with van der Waals surface area (Å²) in [4.78, 5) is 14.6. The van der Waals surface area contributed by atoms with Crippen LogP contribution in [-0.4, -0.2) is 59.6 Å². The van der Waals surface area contributed by atoms with Crippen LogP contribution in [0.15, 0.2) is 29.2 Å². The molecule has 2 N–H and O–H groups in total. The third-order valence-electron chi connectivity index (χ3n) is 4.82. The van der Waals surface area contributed by atoms with E-state index >= 15 is 0 Å². The van der Waals surface area contributed by atoms with Crippen LogP contribution in [0.2, 0.25) is 0 Å². The SMILES string of the molecule is CNS(=O)(=O)c1cc(/C=C/C(=O)NCC(C)CN2CCCCC2)ccc1OC. The lowest BCUT2D eigenvalue weighted by molar-refractivity contribution is -0.116. The second-order valence-corrected chi connectivity index (χ2v) is 9.02. The number of carbonyl (C=O) groups excluding carboxylic acids is 1. The quantitative estimate of drug-likeness (QED) is 0.608. The smallest absolute Gasteiger partial charge is 0.244 e. The van der Waals surface area contributed by atoms with E-state index in [1.807, 2.05) is 0 Å². The molecule has 0 aliphatic carbocycles. The van der Waals surface area contributed by atoms with Crippen molar-refractivity contribution in [2.24, 2.45) is 5.92 Å². The number of carbonyl (C=O) groups is 1.